The maximum Gasteiger partial charge on any atom is 0.294 e. The van der Waals surface area contributed by atoms with E-state index in [9.17, 15) is 19.5 Å². The number of amides is 3. The molecule has 1 aliphatic heterocycles. The maximum atomic E-state index is 12.7. The van der Waals surface area contributed by atoms with E-state index in [1.54, 1.807) is 31.2 Å². The van der Waals surface area contributed by atoms with E-state index in [1.807, 2.05) is 0 Å². The van der Waals surface area contributed by atoms with E-state index in [1.165, 1.54) is 25.3 Å². The smallest absolute Gasteiger partial charge is 0.294 e. The van der Waals surface area contributed by atoms with Crippen LogP contribution in [0.2, 0.25) is 5.02 Å². The molecule has 10 heteroatoms. The van der Waals surface area contributed by atoms with Gasteiger partial charge in [0, 0.05) is 0 Å². The largest absolute Gasteiger partial charge is 0.503 e. The lowest BCUT2D eigenvalue weighted by Crippen LogP contribution is -2.36. The third-order valence-corrected chi connectivity index (χ3v) is 5.40. The monoisotopic (exact) mass is 462 g/mol. The van der Waals surface area contributed by atoms with Crippen LogP contribution in [0.25, 0.3) is 6.08 Å². The Morgan fingerprint density at radius 2 is 2.00 bits per heavy atom. The van der Waals surface area contributed by atoms with Gasteiger partial charge in [-0.05, 0) is 54.6 Å². The Hall–Kier alpha value is -3.17. The zero-order valence-electron chi connectivity index (χ0n) is 16.7. The van der Waals surface area contributed by atoms with Crippen LogP contribution in [0.1, 0.15) is 12.5 Å². The van der Waals surface area contributed by atoms with E-state index >= 15 is 0 Å². The number of thioether (sulfide) groups is 1. The number of ether oxygens (including phenoxy) is 2. The van der Waals surface area contributed by atoms with Gasteiger partial charge in [0.25, 0.3) is 11.1 Å². The highest BCUT2D eigenvalue weighted by atomic mass is 35.5. The predicted molar refractivity (Wildman–Crippen MR) is 119 cm³/mol. The summed E-state index contributed by atoms with van der Waals surface area (Å²) in [6, 6.07) is 9.75. The van der Waals surface area contributed by atoms with Gasteiger partial charge in [0.15, 0.2) is 11.5 Å². The van der Waals surface area contributed by atoms with Crippen LogP contribution >= 0.6 is 23.4 Å². The number of hydrogen-bond acceptors (Lipinski definition) is 7. The van der Waals surface area contributed by atoms with Crippen LogP contribution in [-0.4, -0.2) is 47.3 Å². The average Bonchev–Trinajstić information content (AvgIpc) is 2.99. The van der Waals surface area contributed by atoms with Crippen molar-refractivity contribution in [2.24, 2.45) is 0 Å². The molecule has 162 valence electrons. The second-order valence-electron chi connectivity index (χ2n) is 6.30. The zero-order chi connectivity index (χ0) is 22.5. The summed E-state index contributed by atoms with van der Waals surface area (Å²) < 4.78 is 10.5. The number of para-hydroxylation sites is 2. The second kappa shape index (κ2) is 9.76. The number of carbonyl (C=O) groups excluding carboxylic acids is 3. The average molecular weight is 463 g/mol. The van der Waals surface area contributed by atoms with Gasteiger partial charge >= 0.3 is 0 Å². The van der Waals surface area contributed by atoms with E-state index in [2.05, 4.69) is 5.32 Å². The molecule has 8 nitrogen and oxygen atoms in total. The van der Waals surface area contributed by atoms with Crippen LogP contribution in [0, 0.1) is 0 Å². The molecule has 2 aromatic rings. The molecule has 1 aliphatic rings. The fourth-order valence-corrected chi connectivity index (χ4v) is 3.87. The first-order valence-electron chi connectivity index (χ1n) is 9.17. The molecular formula is C21H19ClN2O6S. The van der Waals surface area contributed by atoms with Crippen LogP contribution in [0.15, 0.2) is 41.3 Å². The number of phenolic OH excluding ortho intramolecular Hbond substituents is 1. The highest BCUT2D eigenvalue weighted by Gasteiger charge is 2.36. The number of rotatable bonds is 7. The minimum atomic E-state index is -0.604. The number of hydrogen-bond donors (Lipinski definition) is 2. The first kappa shape index (κ1) is 22.5. The number of anilines is 1. The highest BCUT2D eigenvalue weighted by Crippen LogP contribution is 2.38. The van der Waals surface area contributed by atoms with Gasteiger partial charge in [-0.2, -0.15) is 0 Å². The van der Waals surface area contributed by atoms with E-state index in [4.69, 9.17) is 21.1 Å². The Morgan fingerprint density at radius 1 is 1.26 bits per heavy atom. The molecule has 0 spiro atoms. The molecule has 3 amide bonds. The lowest BCUT2D eigenvalue weighted by Gasteiger charge is -2.14. The van der Waals surface area contributed by atoms with Crippen molar-refractivity contribution in [1.29, 1.82) is 0 Å². The number of nitrogens with one attached hydrogen (secondary N) is 1. The van der Waals surface area contributed by atoms with Crippen molar-refractivity contribution in [1.82, 2.24) is 4.90 Å². The molecule has 0 radical (unpaired) electrons. The van der Waals surface area contributed by atoms with Gasteiger partial charge in [-0.25, -0.2) is 0 Å². The second-order valence-corrected chi connectivity index (χ2v) is 7.70. The summed E-state index contributed by atoms with van der Waals surface area (Å²) in [5, 5.41) is 12.1. The molecule has 0 atom stereocenters. The number of imide groups is 1. The molecule has 31 heavy (non-hydrogen) atoms. The lowest BCUT2D eigenvalue weighted by molar-refractivity contribution is -0.127. The van der Waals surface area contributed by atoms with Crippen LogP contribution < -0.4 is 14.8 Å². The quantitative estimate of drug-likeness (QED) is 0.596. The Morgan fingerprint density at radius 3 is 2.71 bits per heavy atom. The van der Waals surface area contributed by atoms with Gasteiger partial charge in [-0.15, -0.1) is 0 Å². The van der Waals surface area contributed by atoms with Gasteiger partial charge in [0.2, 0.25) is 5.91 Å². The lowest BCUT2D eigenvalue weighted by atomic mass is 10.2. The number of phenols is 1. The van der Waals surface area contributed by atoms with Crippen LogP contribution in [0.4, 0.5) is 10.5 Å². The molecule has 1 fully saturated rings. The molecule has 0 saturated carbocycles. The molecule has 2 aromatic carbocycles. The number of halogens is 1. The number of benzene rings is 2. The van der Waals surface area contributed by atoms with Crippen molar-refractivity contribution in [3.8, 4) is 17.2 Å². The van der Waals surface area contributed by atoms with Crippen molar-refractivity contribution in [3.63, 3.8) is 0 Å². The van der Waals surface area contributed by atoms with Gasteiger partial charge in [-0.3, -0.25) is 19.3 Å². The summed E-state index contributed by atoms with van der Waals surface area (Å²) in [5.74, 6) is -0.732. The van der Waals surface area contributed by atoms with Gasteiger partial charge < -0.3 is 19.9 Å². The minimum absolute atomic E-state index is 0.0487. The zero-order valence-corrected chi connectivity index (χ0v) is 18.2. The molecule has 0 unspecified atom stereocenters. The Bertz CT molecular complexity index is 1070. The summed E-state index contributed by atoms with van der Waals surface area (Å²) in [6.07, 6.45) is 1.46. The van der Waals surface area contributed by atoms with E-state index < -0.39 is 23.6 Å². The molecule has 2 N–H and O–H groups in total. The topological polar surface area (TPSA) is 105 Å². The molecule has 0 bridgehead atoms. The molecule has 0 aromatic heterocycles. The summed E-state index contributed by atoms with van der Waals surface area (Å²) >= 11 is 6.72. The van der Waals surface area contributed by atoms with Crippen molar-refractivity contribution >= 4 is 52.2 Å². The number of methoxy groups -OCH3 is 1. The highest BCUT2D eigenvalue weighted by molar-refractivity contribution is 8.18. The third kappa shape index (κ3) is 5.12. The van der Waals surface area contributed by atoms with Gasteiger partial charge in [0.1, 0.15) is 12.3 Å². The number of nitrogens with zero attached hydrogens (tertiary/aromatic N) is 1. The summed E-state index contributed by atoms with van der Waals surface area (Å²) in [5.41, 5.74) is 0.898. The third-order valence-electron chi connectivity index (χ3n) is 4.20. The maximum absolute atomic E-state index is 12.7. The van der Waals surface area contributed by atoms with E-state index in [0.717, 1.165) is 4.90 Å². The standard InChI is InChI=1S/C21H19ClN2O6S/c1-3-30-16-9-12(8-13(22)19(16)26)10-17-20(27)24(21(28)31-17)11-18(25)23-14-6-4-5-7-15(14)29-2/h4-10,26H,3,11H2,1-2H3,(H,23,25)/b17-10-. The Balaban J connectivity index is 1.76. The summed E-state index contributed by atoms with van der Waals surface area (Å²) in [7, 11) is 1.47. The normalized spacial score (nSPS) is 14.8. The summed E-state index contributed by atoms with van der Waals surface area (Å²) in [6.45, 7) is 1.62. The van der Waals surface area contributed by atoms with Crippen LogP contribution in [0.3, 0.4) is 0 Å². The fraction of sp³-hybridized carbons (Fsp3) is 0.190. The number of aromatic hydroxyl groups is 1. The molecule has 1 saturated heterocycles. The molecular weight excluding hydrogens is 444 g/mol. The van der Waals surface area contributed by atoms with Crippen molar-refractivity contribution in [3.05, 3.63) is 51.9 Å². The SMILES string of the molecule is CCOc1cc(/C=C2\SC(=O)N(CC(=O)Nc3ccccc3OC)C2=O)cc(Cl)c1O. The first-order chi connectivity index (χ1) is 14.8. The minimum Gasteiger partial charge on any atom is -0.503 e. The van der Waals surface area contributed by atoms with Crippen LogP contribution in [0.5, 0.6) is 17.2 Å². The van der Waals surface area contributed by atoms with Crippen LogP contribution in [-0.2, 0) is 9.59 Å². The Kier molecular flexibility index (Phi) is 7.09. The van der Waals surface area contributed by atoms with Gasteiger partial charge in [-0.1, -0.05) is 23.7 Å². The molecule has 3 rings (SSSR count). The first-order valence-corrected chi connectivity index (χ1v) is 10.4. The van der Waals surface area contributed by atoms with E-state index in [-0.39, 0.29) is 21.4 Å². The van der Waals surface area contributed by atoms with Crippen molar-refractivity contribution < 1.29 is 29.0 Å². The number of carbonyl (C=O) groups is 3. The fourth-order valence-electron chi connectivity index (χ4n) is 2.81. The van der Waals surface area contributed by atoms with Crippen molar-refractivity contribution in [2.75, 3.05) is 25.6 Å². The molecule has 0 aliphatic carbocycles. The van der Waals surface area contributed by atoms with E-state index in [0.29, 0.717) is 35.4 Å². The van der Waals surface area contributed by atoms with Gasteiger partial charge in [0.05, 0.1) is 29.3 Å². The summed E-state index contributed by atoms with van der Waals surface area (Å²) in [4.78, 5) is 38.4. The van der Waals surface area contributed by atoms with Crippen molar-refractivity contribution in [2.45, 2.75) is 6.92 Å². The Labute approximate surface area is 187 Å². The molecule has 1 heterocycles. The predicted octanol–water partition coefficient (Wildman–Crippen LogP) is 4.13.